The molecule has 2 nitrogen and oxygen atoms in total. The molecule has 0 heterocycles. The summed E-state index contributed by atoms with van der Waals surface area (Å²) in [6.07, 6.45) is 27.0. The Hall–Kier alpha value is -0.880. The standard InChI is InChI=1S/C22H38N2/c23-24-22-19-15-11-7-3-6-10-14-18-21(22)20-16-12-8-4-1-2-5-9-13-17-20/h7,11,20-21H,1-6,8-10,12-19H2/b11-7-. The average Bonchev–Trinajstić information content (AvgIpc) is 2.70. The quantitative estimate of drug-likeness (QED) is 0.279. The van der Waals surface area contributed by atoms with Gasteiger partial charge >= 0.3 is 0 Å². The summed E-state index contributed by atoms with van der Waals surface area (Å²) in [5.41, 5.74) is 10.8. The topological polar surface area (TPSA) is 36.4 Å². The van der Waals surface area contributed by atoms with Crippen LogP contribution in [0.4, 0.5) is 0 Å². The van der Waals surface area contributed by atoms with Gasteiger partial charge in [-0.25, -0.2) is 0 Å². The fraction of sp³-hybridized carbons (Fsp3) is 0.864. The smallest absolute Gasteiger partial charge is 0.272 e. The Morgan fingerprint density at radius 2 is 1.21 bits per heavy atom. The van der Waals surface area contributed by atoms with E-state index < -0.39 is 0 Å². The van der Waals surface area contributed by atoms with Crippen molar-refractivity contribution in [3.05, 3.63) is 17.7 Å². The Balaban J connectivity index is 2.04. The van der Waals surface area contributed by atoms with Crippen molar-refractivity contribution in [2.75, 3.05) is 0 Å². The van der Waals surface area contributed by atoms with E-state index in [0.29, 0.717) is 5.92 Å². The van der Waals surface area contributed by atoms with E-state index in [4.69, 9.17) is 0 Å². The van der Waals surface area contributed by atoms with E-state index in [2.05, 4.69) is 16.9 Å². The molecule has 2 rings (SSSR count). The third-order valence-electron chi connectivity index (χ3n) is 6.15. The van der Waals surface area contributed by atoms with Gasteiger partial charge in [0.25, 0.3) is 5.71 Å². The van der Waals surface area contributed by atoms with E-state index in [1.165, 1.54) is 96.3 Å². The lowest BCUT2D eigenvalue weighted by Gasteiger charge is -2.24. The number of hydrogen-bond donors (Lipinski definition) is 0. The van der Waals surface area contributed by atoms with Crippen molar-refractivity contribution in [2.45, 2.75) is 109 Å². The second kappa shape index (κ2) is 12.5. The predicted octanol–water partition coefficient (Wildman–Crippen LogP) is 7.10. The molecule has 1 saturated carbocycles. The van der Waals surface area contributed by atoms with Crippen molar-refractivity contribution in [3.8, 4) is 0 Å². The molecule has 0 aliphatic heterocycles. The first-order chi connectivity index (χ1) is 11.9. The van der Waals surface area contributed by atoms with Crippen LogP contribution in [0.1, 0.15) is 109 Å². The lowest BCUT2D eigenvalue weighted by molar-refractivity contribution is -0.0200. The minimum Gasteiger partial charge on any atom is -0.362 e. The van der Waals surface area contributed by atoms with Crippen LogP contribution in [0.5, 0.6) is 0 Å². The van der Waals surface area contributed by atoms with Gasteiger partial charge in [-0.15, -0.1) is 0 Å². The van der Waals surface area contributed by atoms with Crippen LogP contribution >= 0.6 is 0 Å². The zero-order chi connectivity index (χ0) is 16.9. The summed E-state index contributed by atoms with van der Waals surface area (Å²) < 4.78 is 0. The highest BCUT2D eigenvalue weighted by molar-refractivity contribution is 5.82. The molecule has 0 N–H and O–H groups in total. The molecule has 0 bridgehead atoms. The minimum absolute atomic E-state index is 0.530. The van der Waals surface area contributed by atoms with Crippen LogP contribution in [0.2, 0.25) is 0 Å². The van der Waals surface area contributed by atoms with E-state index in [0.717, 1.165) is 24.5 Å². The van der Waals surface area contributed by atoms with Gasteiger partial charge < -0.3 is 5.53 Å². The third kappa shape index (κ3) is 7.34. The van der Waals surface area contributed by atoms with Gasteiger partial charge in [-0.1, -0.05) is 76.4 Å². The van der Waals surface area contributed by atoms with E-state index >= 15 is 0 Å². The van der Waals surface area contributed by atoms with Crippen molar-refractivity contribution in [1.29, 1.82) is 0 Å². The van der Waals surface area contributed by atoms with Crippen LogP contribution in [0.25, 0.3) is 5.53 Å². The molecular weight excluding hydrogens is 292 g/mol. The second-order valence-electron chi connectivity index (χ2n) is 8.01. The largest absolute Gasteiger partial charge is 0.362 e. The molecule has 2 aliphatic carbocycles. The summed E-state index contributed by atoms with van der Waals surface area (Å²) in [4.78, 5) is 3.81. The summed E-state index contributed by atoms with van der Waals surface area (Å²) in [7, 11) is 0. The molecule has 24 heavy (non-hydrogen) atoms. The van der Waals surface area contributed by atoms with Crippen molar-refractivity contribution in [2.24, 2.45) is 11.8 Å². The van der Waals surface area contributed by atoms with Crippen molar-refractivity contribution < 1.29 is 4.79 Å². The van der Waals surface area contributed by atoms with Crippen LogP contribution in [0, 0.1) is 11.8 Å². The number of rotatable bonds is 1. The Labute approximate surface area is 149 Å². The summed E-state index contributed by atoms with van der Waals surface area (Å²) in [6.45, 7) is 0. The van der Waals surface area contributed by atoms with Crippen molar-refractivity contribution in [3.63, 3.8) is 0 Å². The molecule has 2 heteroatoms. The molecule has 0 aromatic rings. The average molecular weight is 331 g/mol. The normalized spacial score (nSPS) is 28.2. The Kier molecular flexibility index (Phi) is 10.1. The number of hydrogen-bond acceptors (Lipinski definition) is 0. The van der Waals surface area contributed by atoms with Gasteiger partial charge in [0.05, 0.1) is 5.92 Å². The molecular formula is C22H38N2. The summed E-state index contributed by atoms with van der Waals surface area (Å²) in [5.74, 6) is 1.28. The molecule has 2 aliphatic rings. The minimum atomic E-state index is 0.530. The lowest BCUT2D eigenvalue weighted by atomic mass is 9.77. The van der Waals surface area contributed by atoms with Gasteiger partial charge in [0.2, 0.25) is 0 Å². The lowest BCUT2D eigenvalue weighted by Crippen LogP contribution is -2.25. The summed E-state index contributed by atoms with van der Waals surface area (Å²) in [6, 6.07) is 0. The SMILES string of the molecule is [N-]=[N+]=C1CC/C=C\CCCCCC1C1CCCCCCCCCC1. The Bertz CT molecular complexity index is 394. The fourth-order valence-electron chi connectivity index (χ4n) is 4.67. The zero-order valence-electron chi connectivity index (χ0n) is 15.7. The van der Waals surface area contributed by atoms with Gasteiger partial charge in [0, 0.05) is 6.42 Å². The highest BCUT2D eigenvalue weighted by atomic mass is 14.9. The van der Waals surface area contributed by atoms with Crippen molar-refractivity contribution in [1.82, 2.24) is 0 Å². The Morgan fingerprint density at radius 3 is 1.88 bits per heavy atom. The Morgan fingerprint density at radius 1 is 0.667 bits per heavy atom. The molecule has 0 amide bonds. The van der Waals surface area contributed by atoms with Gasteiger partial charge in [-0.3, -0.25) is 0 Å². The molecule has 0 saturated heterocycles. The molecule has 0 radical (unpaired) electrons. The highest BCUT2D eigenvalue weighted by Gasteiger charge is 2.30. The first-order valence-corrected chi connectivity index (χ1v) is 10.8. The van der Waals surface area contributed by atoms with Crippen molar-refractivity contribution >= 4 is 5.71 Å². The monoisotopic (exact) mass is 330 g/mol. The molecule has 1 fully saturated rings. The van der Waals surface area contributed by atoms with E-state index in [1.54, 1.807) is 0 Å². The van der Waals surface area contributed by atoms with Gasteiger partial charge in [0.1, 0.15) is 0 Å². The van der Waals surface area contributed by atoms with E-state index in [9.17, 15) is 5.53 Å². The maximum Gasteiger partial charge on any atom is 0.272 e. The van der Waals surface area contributed by atoms with Crippen LogP contribution in [0.15, 0.2) is 12.2 Å². The summed E-state index contributed by atoms with van der Waals surface area (Å²) >= 11 is 0. The molecule has 0 aromatic carbocycles. The maximum absolute atomic E-state index is 9.68. The molecule has 136 valence electrons. The second-order valence-corrected chi connectivity index (χ2v) is 8.01. The van der Waals surface area contributed by atoms with Crippen LogP contribution < -0.4 is 0 Å². The van der Waals surface area contributed by atoms with Crippen LogP contribution in [-0.2, 0) is 0 Å². The molecule has 0 spiro atoms. The predicted molar refractivity (Wildman–Crippen MR) is 103 cm³/mol. The zero-order valence-corrected chi connectivity index (χ0v) is 15.7. The van der Waals surface area contributed by atoms with Crippen LogP contribution in [0.3, 0.4) is 0 Å². The first-order valence-electron chi connectivity index (χ1n) is 10.8. The summed E-state index contributed by atoms with van der Waals surface area (Å²) in [5, 5.41) is 0. The maximum atomic E-state index is 9.68. The van der Waals surface area contributed by atoms with E-state index in [1.807, 2.05) is 0 Å². The molecule has 1 atom stereocenters. The van der Waals surface area contributed by atoms with Gasteiger partial charge in [-0.2, -0.15) is 4.79 Å². The number of allylic oxidation sites excluding steroid dienone is 2. The van der Waals surface area contributed by atoms with E-state index in [-0.39, 0.29) is 0 Å². The number of nitrogens with zero attached hydrogens (tertiary/aromatic N) is 2. The first kappa shape index (κ1) is 19.4. The van der Waals surface area contributed by atoms with Crippen LogP contribution in [-0.4, -0.2) is 10.5 Å². The van der Waals surface area contributed by atoms with Gasteiger partial charge in [-0.05, 0) is 44.4 Å². The third-order valence-corrected chi connectivity index (χ3v) is 6.15. The molecule has 0 aromatic heterocycles. The highest BCUT2D eigenvalue weighted by Crippen LogP contribution is 2.32. The fourth-order valence-corrected chi connectivity index (χ4v) is 4.67. The van der Waals surface area contributed by atoms with Gasteiger partial charge in [0.15, 0.2) is 0 Å². The molecule has 1 unspecified atom stereocenters.